The van der Waals surface area contributed by atoms with Crippen LogP contribution in [-0.2, 0) is 11.2 Å². The van der Waals surface area contributed by atoms with Crippen LogP contribution in [0, 0.1) is 0 Å². The number of halogens is 1. The smallest absolute Gasteiger partial charge is 0.356 e. The fourth-order valence-corrected chi connectivity index (χ4v) is 1.73. The molecular weight excluding hydrogens is 250 g/mol. The summed E-state index contributed by atoms with van der Waals surface area (Å²) in [6, 6.07) is 12.9. The summed E-state index contributed by atoms with van der Waals surface area (Å²) in [6.07, 6.45) is 0.655. The molecule has 1 aromatic heterocycles. The maximum absolute atomic E-state index is 11.4. The van der Waals surface area contributed by atoms with E-state index in [2.05, 4.69) is 9.72 Å². The van der Waals surface area contributed by atoms with Crippen LogP contribution in [-0.4, -0.2) is 18.1 Å². The highest BCUT2D eigenvalue weighted by Gasteiger charge is 2.07. The molecule has 1 aromatic carbocycles. The van der Waals surface area contributed by atoms with Gasteiger partial charge in [0.2, 0.25) is 0 Å². The number of methoxy groups -OCH3 is 1. The summed E-state index contributed by atoms with van der Waals surface area (Å²) in [5.74, 6) is -0.423. The van der Waals surface area contributed by atoms with Crippen molar-refractivity contribution >= 4 is 17.6 Å². The van der Waals surface area contributed by atoms with Crippen molar-refractivity contribution in [3.8, 4) is 0 Å². The van der Waals surface area contributed by atoms with Crippen LogP contribution in [0.1, 0.15) is 21.7 Å². The zero-order valence-electron chi connectivity index (χ0n) is 9.89. The van der Waals surface area contributed by atoms with Gasteiger partial charge in [-0.15, -0.1) is 0 Å². The molecule has 0 amide bonds. The van der Waals surface area contributed by atoms with Crippen LogP contribution < -0.4 is 0 Å². The standard InChI is InChI=1S/C14H12ClNO2/c1-18-14(17)13-4-2-3-12(16-13)9-10-5-7-11(15)8-6-10/h2-8H,9H2,1H3. The molecule has 0 unspecified atom stereocenters. The Hall–Kier alpha value is -1.87. The summed E-state index contributed by atoms with van der Waals surface area (Å²) >= 11 is 5.82. The molecule has 2 rings (SSSR count). The Morgan fingerprint density at radius 2 is 1.94 bits per heavy atom. The topological polar surface area (TPSA) is 39.2 Å². The molecule has 0 fully saturated rings. The summed E-state index contributed by atoms with van der Waals surface area (Å²) in [6.45, 7) is 0. The molecule has 0 N–H and O–H groups in total. The lowest BCUT2D eigenvalue weighted by Crippen LogP contribution is -2.05. The van der Waals surface area contributed by atoms with Crippen molar-refractivity contribution in [3.05, 3.63) is 64.4 Å². The van der Waals surface area contributed by atoms with Gasteiger partial charge in [0.05, 0.1) is 7.11 Å². The minimum absolute atomic E-state index is 0.323. The number of carbonyl (C=O) groups is 1. The van der Waals surface area contributed by atoms with Crippen LogP contribution >= 0.6 is 11.6 Å². The summed E-state index contributed by atoms with van der Waals surface area (Å²) in [7, 11) is 1.34. The molecule has 2 aromatic rings. The van der Waals surface area contributed by atoms with Crippen LogP contribution in [0.2, 0.25) is 5.02 Å². The summed E-state index contributed by atoms with van der Waals surface area (Å²) in [5.41, 5.74) is 2.23. The van der Waals surface area contributed by atoms with Gasteiger partial charge in [0.25, 0.3) is 0 Å². The molecule has 0 radical (unpaired) electrons. The molecule has 0 bridgehead atoms. The predicted octanol–water partition coefficient (Wildman–Crippen LogP) is 3.11. The van der Waals surface area contributed by atoms with E-state index in [-0.39, 0.29) is 0 Å². The maximum Gasteiger partial charge on any atom is 0.356 e. The Balaban J connectivity index is 2.19. The molecule has 3 nitrogen and oxygen atoms in total. The highest BCUT2D eigenvalue weighted by atomic mass is 35.5. The Bertz CT molecular complexity index is 552. The van der Waals surface area contributed by atoms with Gasteiger partial charge >= 0.3 is 5.97 Å². The fraction of sp³-hybridized carbons (Fsp3) is 0.143. The molecule has 0 aliphatic carbocycles. The lowest BCUT2D eigenvalue weighted by molar-refractivity contribution is 0.0593. The Morgan fingerprint density at radius 1 is 1.22 bits per heavy atom. The number of hydrogen-bond donors (Lipinski definition) is 0. The first-order chi connectivity index (χ1) is 8.69. The van der Waals surface area contributed by atoms with Crippen molar-refractivity contribution < 1.29 is 9.53 Å². The van der Waals surface area contributed by atoms with Gasteiger partial charge in [-0.3, -0.25) is 0 Å². The SMILES string of the molecule is COC(=O)c1cccc(Cc2ccc(Cl)cc2)n1. The second-order valence-electron chi connectivity index (χ2n) is 3.81. The van der Waals surface area contributed by atoms with E-state index >= 15 is 0 Å². The van der Waals surface area contributed by atoms with Gasteiger partial charge in [-0.05, 0) is 29.8 Å². The Morgan fingerprint density at radius 3 is 2.61 bits per heavy atom. The summed E-state index contributed by atoms with van der Waals surface area (Å²) in [5, 5.41) is 0.704. The van der Waals surface area contributed by atoms with Crippen molar-refractivity contribution in [2.45, 2.75) is 6.42 Å². The summed E-state index contributed by atoms with van der Waals surface area (Å²) in [4.78, 5) is 15.6. The number of hydrogen-bond acceptors (Lipinski definition) is 3. The van der Waals surface area contributed by atoms with E-state index in [0.717, 1.165) is 11.3 Å². The van der Waals surface area contributed by atoms with Gasteiger partial charge in [0.1, 0.15) is 5.69 Å². The molecule has 92 valence electrons. The van der Waals surface area contributed by atoms with E-state index < -0.39 is 5.97 Å². The molecule has 18 heavy (non-hydrogen) atoms. The molecule has 0 aliphatic rings. The number of carbonyl (C=O) groups excluding carboxylic acids is 1. The molecular formula is C14H12ClNO2. The van der Waals surface area contributed by atoms with Crippen LogP contribution in [0.4, 0.5) is 0 Å². The van der Waals surface area contributed by atoms with E-state index in [1.54, 1.807) is 12.1 Å². The average molecular weight is 262 g/mol. The van der Waals surface area contributed by atoms with Gasteiger partial charge < -0.3 is 4.74 Å². The number of nitrogens with zero attached hydrogens (tertiary/aromatic N) is 1. The van der Waals surface area contributed by atoms with Crippen molar-refractivity contribution in [1.29, 1.82) is 0 Å². The molecule has 1 heterocycles. The quantitative estimate of drug-likeness (QED) is 0.797. The number of esters is 1. The van der Waals surface area contributed by atoms with Crippen LogP contribution in [0.25, 0.3) is 0 Å². The highest BCUT2D eigenvalue weighted by Crippen LogP contribution is 2.13. The van der Waals surface area contributed by atoms with Crippen LogP contribution in [0.3, 0.4) is 0 Å². The molecule has 0 spiro atoms. The number of benzene rings is 1. The number of aromatic nitrogens is 1. The molecule has 4 heteroatoms. The third-order valence-corrected chi connectivity index (χ3v) is 2.75. The molecule has 0 saturated carbocycles. The molecule has 0 atom stereocenters. The Kier molecular flexibility index (Phi) is 3.95. The van der Waals surface area contributed by atoms with Gasteiger partial charge in [-0.25, -0.2) is 9.78 Å². The largest absolute Gasteiger partial charge is 0.464 e. The van der Waals surface area contributed by atoms with Gasteiger partial charge in [-0.1, -0.05) is 29.8 Å². The van der Waals surface area contributed by atoms with Crippen molar-refractivity contribution in [3.63, 3.8) is 0 Å². The van der Waals surface area contributed by atoms with E-state index in [9.17, 15) is 4.79 Å². The normalized spacial score (nSPS) is 10.1. The predicted molar refractivity (Wildman–Crippen MR) is 69.8 cm³/mol. The minimum Gasteiger partial charge on any atom is -0.464 e. The zero-order valence-corrected chi connectivity index (χ0v) is 10.6. The number of ether oxygens (including phenoxy) is 1. The molecule has 0 saturated heterocycles. The van der Waals surface area contributed by atoms with E-state index in [1.807, 2.05) is 30.3 Å². The van der Waals surface area contributed by atoms with E-state index in [4.69, 9.17) is 11.6 Å². The highest BCUT2D eigenvalue weighted by molar-refractivity contribution is 6.30. The van der Waals surface area contributed by atoms with Gasteiger partial charge in [0, 0.05) is 17.1 Å². The third-order valence-electron chi connectivity index (χ3n) is 2.50. The van der Waals surface area contributed by atoms with Crippen molar-refractivity contribution in [2.24, 2.45) is 0 Å². The number of pyridine rings is 1. The van der Waals surface area contributed by atoms with Crippen molar-refractivity contribution in [2.75, 3.05) is 7.11 Å². The third kappa shape index (κ3) is 3.08. The average Bonchev–Trinajstić information content (AvgIpc) is 2.41. The van der Waals surface area contributed by atoms with Crippen LogP contribution in [0.5, 0.6) is 0 Å². The van der Waals surface area contributed by atoms with E-state index in [0.29, 0.717) is 17.1 Å². The van der Waals surface area contributed by atoms with Gasteiger partial charge in [-0.2, -0.15) is 0 Å². The molecule has 0 aliphatic heterocycles. The zero-order chi connectivity index (χ0) is 13.0. The monoisotopic (exact) mass is 261 g/mol. The number of rotatable bonds is 3. The first-order valence-electron chi connectivity index (χ1n) is 5.48. The summed E-state index contributed by atoms with van der Waals surface area (Å²) < 4.78 is 4.64. The lowest BCUT2D eigenvalue weighted by atomic mass is 10.1. The second kappa shape index (κ2) is 5.65. The fourth-order valence-electron chi connectivity index (χ4n) is 1.61. The second-order valence-corrected chi connectivity index (χ2v) is 4.25. The van der Waals surface area contributed by atoms with Crippen LogP contribution in [0.15, 0.2) is 42.5 Å². The van der Waals surface area contributed by atoms with Crippen molar-refractivity contribution in [1.82, 2.24) is 4.98 Å². The Labute approximate surface area is 110 Å². The lowest BCUT2D eigenvalue weighted by Gasteiger charge is -2.03. The first-order valence-corrected chi connectivity index (χ1v) is 5.85. The van der Waals surface area contributed by atoms with Gasteiger partial charge in [0.15, 0.2) is 0 Å². The first kappa shape index (κ1) is 12.6. The van der Waals surface area contributed by atoms with E-state index in [1.165, 1.54) is 7.11 Å². The maximum atomic E-state index is 11.4. The minimum atomic E-state index is -0.423.